The van der Waals surface area contributed by atoms with Gasteiger partial charge in [0, 0.05) is 6.54 Å². The summed E-state index contributed by atoms with van der Waals surface area (Å²) in [7, 11) is 0. The monoisotopic (exact) mass is 229 g/mol. The number of hydrogen-bond donors (Lipinski definition) is 1. The molecule has 0 saturated heterocycles. The molecule has 0 unspecified atom stereocenters. The summed E-state index contributed by atoms with van der Waals surface area (Å²) in [6.45, 7) is 4.26. The summed E-state index contributed by atoms with van der Waals surface area (Å²) in [6, 6.07) is 8.74. The Morgan fingerprint density at radius 3 is 2.94 bits per heavy atom. The Morgan fingerprint density at radius 1 is 1.24 bits per heavy atom. The number of allylic oxidation sites excluding steroid dienone is 1. The molecule has 0 amide bonds. The molecule has 0 saturated carbocycles. The second-order valence-corrected chi connectivity index (χ2v) is 5.02. The molecule has 0 aromatic heterocycles. The maximum atomic E-state index is 3.54. The molecule has 0 fully saturated rings. The van der Waals surface area contributed by atoms with E-state index in [9.17, 15) is 0 Å². The zero-order valence-corrected chi connectivity index (χ0v) is 10.8. The molecule has 1 aliphatic rings. The number of benzene rings is 1. The lowest BCUT2D eigenvalue weighted by atomic mass is 9.97. The SMILES string of the molecule is Cc1cccc(CNCCC2=CCCCC2)c1. The van der Waals surface area contributed by atoms with Gasteiger partial charge in [-0.05, 0) is 51.1 Å². The van der Waals surface area contributed by atoms with Gasteiger partial charge in [0.05, 0.1) is 0 Å². The summed E-state index contributed by atoms with van der Waals surface area (Å²) in [5, 5.41) is 3.54. The summed E-state index contributed by atoms with van der Waals surface area (Å²) in [5.41, 5.74) is 4.40. The van der Waals surface area contributed by atoms with Gasteiger partial charge >= 0.3 is 0 Å². The number of nitrogens with one attached hydrogen (secondary N) is 1. The van der Waals surface area contributed by atoms with Crippen molar-refractivity contribution in [2.24, 2.45) is 0 Å². The molecule has 1 nitrogen and oxygen atoms in total. The lowest BCUT2D eigenvalue weighted by Gasteiger charge is -2.13. The molecule has 0 heterocycles. The van der Waals surface area contributed by atoms with E-state index in [2.05, 4.69) is 42.6 Å². The molecule has 0 atom stereocenters. The molecular formula is C16H23N. The van der Waals surface area contributed by atoms with E-state index in [4.69, 9.17) is 0 Å². The van der Waals surface area contributed by atoms with Crippen molar-refractivity contribution in [2.45, 2.75) is 45.6 Å². The normalized spacial score (nSPS) is 15.7. The quantitative estimate of drug-likeness (QED) is 0.595. The number of aryl methyl sites for hydroxylation is 1. The molecule has 1 aliphatic carbocycles. The van der Waals surface area contributed by atoms with E-state index >= 15 is 0 Å². The minimum atomic E-state index is 0.995. The summed E-state index contributed by atoms with van der Waals surface area (Å²) in [4.78, 5) is 0. The van der Waals surface area contributed by atoms with Crippen LogP contribution >= 0.6 is 0 Å². The first-order valence-electron chi connectivity index (χ1n) is 6.79. The van der Waals surface area contributed by atoms with Gasteiger partial charge in [0.25, 0.3) is 0 Å². The molecule has 0 bridgehead atoms. The third kappa shape index (κ3) is 4.35. The van der Waals surface area contributed by atoms with Crippen LogP contribution in [0.25, 0.3) is 0 Å². The zero-order valence-electron chi connectivity index (χ0n) is 10.8. The van der Waals surface area contributed by atoms with Crippen LogP contribution in [0.5, 0.6) is 0 Å². The van der Waals surface area contributed by atoms with Crippen LogP contribution in [0, 0.1) is 6.92 Å². The molecule has 0 radical (unpaired) electrons. The average molecular weight is 229 g/mol. The van der Waals surface area contributed by atoms with Gasteiger partial charge < -0.3 is 5.32 Å². The van der Waals surface area contributed by atoms with Crippen molar-refractivity contribution in [1.29, 1.82) is 0 Å². The predicted octanol–water partition coefficient (Wildman–Crippen LogP) is 3.98. The van der Waals surface area contributed by atoms with Crippen LogP contribution in [0.1, 0.15) is 43.2 Å². The van der Waals surface area contributed by atoms with Gasteiger partial charge in [-0.2, -0.15) is 0 Å². The highest BCUT2D eigenvalue weighted by molar-refractivity contribution is 5.21. The Kier molecular flexibility index (Phi) is 4.81. The van der Waals surface area contributed by atoms with E-state index in [1.54, 1.807) is 5.57 Å². The van der Waals surface area contributed by atoms with Gasteiger partial charge in [-0.15, -0.1) is 0 Å². The Morgan fingerprint density at radius 2 is 2.18 bits per heavy atom. The van der Waals surface area contributed by atoms with Crippen molar-refractivity contribution in [3.63, 3.8) is 0 Å². The van der Waals surface area contributed by atoms with Crippen LogP contribution < -0.4 is 5.32 Å². The Labute approximate surface area is 105 Å². The van der Waals surface area contributed by atoms with Crippen molar-refractivity contribution < 1.29 is 0 Å². The first kappa shape index (κ1) is 12.4. The standard InChI is InChI=1S/C16H23N/c1-14-6-5-9-16(12-14)13-17-11-10-15-7-3-2-4-8-15/h5-7,9,12,17H,2-4,8,10-11,13H2,1H3. The number of hydrogen-bond acceptors (Lipinski definition) is 1. The molecule has 1 aromatic carbocycles. The van der Waals surface area contributed by atoms with Crippen LogP contribution in [0.15, 0.2) is 35.9 Å². The summed E-state index contributed by atoms with van der Waals surface area (Å²) >= 11 is 0. The second kappa shape index (κ2) is 6.61. The fraction of sp³-hybridized carbons (Fsp3) is 0.500. The van der Waals surface area contributed by atoms with Gasteiger partial charge in [0.2, 0.25) is 0 Å². The zero-order chi connectivity index (χ0) is 11.9. The highest BCUT2D eigenvalue weighted by Gasteiger charge is 2.02. The average Bonchev–Trinajstić information content (AvgIpc) is 2.36. The van der Waals surface area contributed by atoms with Crippen molar-refractivity contribution in [3.05, 3.63) is 47.0 Å². The van der Waals surface area contributed by atoms with E-state index in [0.29, 0.717) is 0 Å². The largest absolute Gasteiger partial charge is 0.312 e. The number of rotatable bonds is 5. The highest BCUT2D eigenvalue weighted by atomic mass is 14.8. The fourth-order valence-electron chi connectivity index (χ4n) is 2.44. The molecule has 1 aromatic rings. The predicted molar refractivity (Wildman–Crippen MR) is 74.1 cm³/mol. The summed E-state index contributed by atoms with van der Waals surface area (Å²) in [6.07, 6.45) is 9.08. The molecule has 92 valence electrons. The van der Waals surface area contributed by atoms with Crippen LogP contribution in [0.3, 0.4) is 0 Å². The van der Waals surface area contributed by atoms with Crippen LogP contribution in [-0.2, 0) is 6.54 Å². The maximum Gasteiger partial charge on any atom is 0.0205 e. The van der Waals surface area contributed by atoms with Gasteiger partial charge in [-0.3, -0.25) is 0 Å². The Hall–Kier alpha value is -1.08. The first-order valence-corrected chi connectivity index (χ1v) is 6.79. The van der Waals surface area contributed by atoms with Crippen molar-refractivity contribution in [1.82, 2.24) is 5.32 Å². The molecule has 0 aliphatic heterocycles. The maximum absolute atomic E-state index is 3.54. The van der Waals surface area contributed by atoms with E-state index < -0.39 is 0 Å². The van der Waals surface area contributed by atoms with Gasteiger partial charge in [-0.25, -0.2) is 0 Å². The van der Waals surface area contributed by atoms with E-state index in [-0.39, 0.29) is 0 Å². The molecule has 1 N–H and O–H groups in total. The van der Waals surface area contributed by atoms with Crippen LogP contribution in [-0.4, -0.2) is 6.54 Å². The van der Waals surface area contributed by atoms with Crippen molar-refractivity contribution in [3.8, 4) is 0 Å². The molecule has 1 heteroatoms. The summed E-state index contributed by atoms with van der Waals surface area (Å²) < 4.78 is 0. The molecule has 17 heavy (non-hydrogen) atoms. The lowest BCUT2D eigenvalue weighted by molar-refractivity contribution is 0.632. The highest BCUT2D eigenvalue weighted by Crippen LogP contribution is 2.19. The van der Waals surface area contributed by atoms with E-state index in [1.807, 2.05) is 0 Å². The van der Waals surface area contributed by atoms with E-state index in [1.165, 1.54) is 43.2 Å². The van der Waals surface area contributed by atoms with E-state index in [0.717, 1.165) is 13.1 Å². The van der Waals surface area contributed by atoms with Crippen molar-refractivity contribution >= 4 is 0 Å². The molecular weight excluding hydrogens is 206 g/mol. The topological polar surface area (TPSA) is 12.0 Å². The van der Waals surface area contributed by atoms with Crippen LogP contribution in [0.4, 0.5) is 0 Å². The van der Waals surface area contributed by atoms with Gasteiger partial charge in [0.15, 0.2) is 0 Å². The van der Waals surface area contributed by atoms with Gasteiger partial charge in [-0.1, -0.05) is 41.5 Å². The van der Waals surface area contributed by atoms with Crippen LogP contribution in [0.2, 0.25) is 0 Å². The first-order chi connectivity index (χ1) is 8.34. The second-order valence-electron chi connectivity index (χ2n) is 5.02. The third-order valence-corrected chi connectivity index (χ3v) is 3.42. The van der Waals surface area contributed by atoms with Crippen molar-refractivity contribution in [2.75, 3.05) is 6.54 Å². The molecule has 2 rings (SSSR count). The smallest absolute Gasteiger partial charge is 0.0205 e. The third-order valence-electron chi connectivity index (χ3n) is 3.42. The Bertz CT molecular complexity index is 379. The summed E-state index contributed by atoms with van der Waals surface area (Å²) in [5.74, 6) is 0. The lowest BCUT2D eigenvalue weighted by Crippen LogP contribution is -2.15. The Balaban J connectivity index is 1.67. The molecule has 0 spiro atoms. The van der Waals surface area contributed by atoms with Gasteiger partial charge in [0.1, 0.15) is 0 Å². The fourth-order valence-corrected chi connectivity index (χ4v) is 2.44. The minimum absolute atomic E-state index is 0.995. The minimum Gasteiger partial charge on any atom is -0.312 e.